The molecule has 0 unspecified atom stereocenters. The van der Waals surface area contributed by atoms with Gasteiger partial charge in [-0.1, -0.05) is 0 Å². The van der Waals surface area contributed by atoms with Crippen LogP contribution in [0.3, 0.4) is 0 Å². The summed E-state index contributed by atoms with van der Waals surface area (Å²) in [6, 6.07) is 3.08. The third-order valence-corrected chi connectivity index (χ3v) is 2.89. The number of likely N-dealkylation sites (tertiary alicyclic amines) is 1. The SMILES string of the molecule is N#CCCN1CCC[C@@H]2C[C@@H]21. The third-order valence-electron chi connectivity index (χ3n) is 2.89. The first kappa shape index (κ1) is 7.12. The van der Waals surface area contributed by atoms with Crippen LogP contribution in [0.5, 0.6) is 0 Å². The third kappa shape index (κ3) is 1.39. The Morgan fingerprint density at radius 2 is 2.45 bits per heavy atom. The first-order valence-electron chi connectivity index (χ1n) is 4.53. The van der Waals surface area contributed by atoms with Gasteiger partial charge in [0.25, 0.3) is 0 Å². The van der Waals surface area contributed by atoms with Crippen LogP contribution in [0, 0.1) is 17.2 Å². The molecule has 1 aliphatic heterocycles. The van der Waals surface area contributed by atoms with Crippen LogP contribution < -0.4 is 0 Å². The van der Waals surface area contributed by atoms with Crippen LogP contribution in [0.1, 0.15) is 25.7 Å². The average molecular weight is 150 g/mol. The van der Waals surface area contributed by atoms with Gasteiger partial charge in [-0.05, 0) is 31.7 Å². The van der Waals surface area contributed by atoms with E-state index in [2.05, 4.69) is 11.0 Å². The Balaban J connectivity index is 1.80. The molecule has 2 aliphatic rings. The Hall–Kier alpha value is -0.550. The fourth-order valence-corrected chi connectivity index (χ4v) is 2.18. The highest BCUT2D eigenvalue weighted by atomic mass is 15.2. The lowest BCUT2D eigenvalue weighted by Crippen LogP contribution is -2.32. The van der Waals surface area contributed by atoms with Crippen molar-refractivity contribution < 1.29 is 0 Å². The lowest BCUT2D eigenvalue weighted by atomic mass is 10.1. The van der Waals surface area contributed by atoms with E-state index < -0.39 is 0 Å². The summed E-state index contributed by atoms with van der Waals surface area (Å²) in [6.07, 6.45) is 4.91. The van der Waals surface area contributed by atoms with E-state index >= 15 is 0 Å². The van der Waals surface area contributed by atoms with Crippen LogP contribution in [0.2, 0.25) is 0 Å². The summed E-state index contributed by atoms with van der Waals surface area (Å²) < 4.78 is 0. The predicted molar refractivity (Wildman–Crippen MR) is 42.9 cm³/mol. The van der Waals surface area contributed by atoms with Gasteiger partial charge in [0.05, 0.1) is 6.07 Å². The lowest BCUT2D eigenvalue weighted by Gasteiger charge is -2.25. The molecular formula is C9H14N2. The molecule has 1 saturated carbocycles. The number of hydrogen-bond donors (Lipinski definition) is 0. The van der Waals surface area contributed by atoms with Crippen molar-refractivity contribution in [2.24, 2.45) is 5.92 Å². The monoisotopic (exact) mass is 150 g/mol. The highest BCUT2D eigenvalue weighted by molar-refractivity contribution is 4.98. The summed E-state index contributed by atoms with van der Waals surface area (Å²) in [5, 5.41) is 8.42. The molecule has 0 radical (unpaired) electrons. The average Bonchev–Trinajstić information content (AvgIpc) is 2.79. The standard InChI is InChI=1S/C9H14N2/c10-4-2-6-11-5-1-3-8-7-9(8)11/h8-9H,1-3,5-7H2/t8-,9+/m1/s1. The highest BCUT2D eigenvalue weighted by Crippen LogP contribution is 2.42. The van der Waals surface area contributed by atoms with Crippen molar-refractivity contribution in [3.63, 3.8) is 0 Å². The zero-order chi connectivity index (χ0) is 7.68. The van der Waals surface area contributed by atoms with Crippen molar-refractivity contribution in [2.45, 2.75) is 31.7 Å². The van der Waals surface area contributed by atoms with E-state index in [4.69, 9.17) is 5.26 Å². The Morgan fingerprint density at radius 3 is 3.27 bits per heavy atom. The minimum absolute atomic E-state index is 0.712. The van der Waals surface area contributed by atoms with Gasteiger partial charge in [0.2, 0.25) is 0 Å². The van der Waals surface area contributed by atoms with E-state index in [0.29, 0.717) is 6.42 Å². The van der Waals surface area contributed by atoms with E-state index in [1.54, 1.807) is 0 Å². The molecule has 2 atom stereocenters. The summed E-state index contributed by atoms with van der Waals surface area (Å²) in [5.41, 5.74) is 0. The fraction of sp³-hybridized carbons (Fsp3) is 0.889. The van der Waals surface area contributed by atoms with Gasteiger partial charge < -0.3 is 0 Å². The number of rotatable bonds is 2. The molecule has 2 heteroatoms. The normalized spacial score (nSPS) is 35.9. The van der Waals surface area contributed by atoms with Gasteiger partial charge in [-0.3, -0.25) is 4.90 Å². The van der Waals surface area contributed by atoms with Gasteiger partial charge in [-0.2, -0.15) is 5.26 Å². The van der Waals surface area contributed by atoms with Crippen molar-refractivity contribution in [3.8, 4) is 6.07 Å². The van der Waals surface area contributed by atoms with Gasteiger partial charge in [-0.15, -0.1) is 0 Å². The maximum Gasteiger partial charge on any atom is 0.0635 e. The van der Waals surface area contributed by atoms with Crippen LogP contribution >= 0.6 is 0 Å². The molecule has 0 N–H and O–H groups in total. The van der Waals surface area contributed by atoms with E-state index in [-0.39, 0.29) is 0 Å². The lowest BCUT2D eigenvalue weighted by molar-refractivity contribution is 0.220. The van der Waals surface area contributed by atoms with Gasteiger partial charge in [0.15, 0.2) is 0 Å². The van der Waals surface area contributed by atoms with Gasteiger partial charge in [0.1, 0.15) is 0 Å². The molecule has 2 rings (SSSR count). The van der Waals surface area contributed by atoms with Crippen molar-refractivity contribution >= 4 is 0 Å². The Labute approximate surface area is 67.8 Å². The Morgan fingerprint density at radius 1 is 1.55 bits per heavy atom. The quantitative estimate of drug-likeness (QED) is 0.594. The number of fused-ring (bicyclic) bond motifs is 1. The van der Waals surface area contributed by atoms with Crippen molar-refractivity contribution in [1.82, 2.24) is 4.90 Å². The molecule has 0 aromatic rings. The first-order valence-corrected chi connectivity index (χ1v) is 4.53. The molecule has 0 spiro atoms. The van der Waals surface area contributed by atoms with Crippen LogP contribution in [0.25, 0.3) is 0 Å². The fourth-order valence-electron chi connectivity index (χ4n) is 2.18. The predicted octanol–water partition coefficient (Wildman–Crippen LogP) is 1.38. The molecule has 2 fully saturated rings. The number of nitriles is 1. The number of nitrogens with zero attached hydrogens (tertiary/aromatic N) is 2. The molecule has 1 saturated heterocycles. The van der Waals surface area contributed by atoms with E-state index in [0.717, 1.165) is 18.5 Å². The number of piperidine rings is 1. The van der Waals surface area contributed by atoms with Gasteiger partial charge in [0, 0.05) is 19.0 Å². The van der Waals surface area contributed by atoms with E-state index in [9.17, 15) is 0 Å². The minimum atomic E-state index is 0.712. The molecule has 0 amide bonds. The summed E-state index contributed by atoms with van der Waals surface area (Å²) in [5.74, 6) is 1.00. The molecule has 1 heterocycles. The van der Waals surface area contributed by atoms with E-state index in [1.807, 2.05) is 0 Å². The van der Waals surface area contributed by atoms with Gasteiger partial charge in [-0.25, -0.2) is 0 Å². The molecular weight excluding hydrogens is 136 g/mol. The smallest absolute Gasteiger partial charge is 0.0635 e. The summed E-state index contributed by atoms with van der Waals surface area (Å²) in [4.78, 5) is 2.50. The zero-order valence-corrected chi connectivity index (χ0v) is 6.79. The Bertz CT molecular complexity index is 182. The molecule has 11 heavy (non-hydrogen) atoms. The summed E-state index contributed by atoms with van der Waals surface area (Å²) in [6.45, 7) is 2.25. The highest BCUT2D eigenvalue weighted by Gasteiger charge is 2.43. The van der Waals surface area contributed by atoms with E-state index in [1.165, 1.54) is 25.8 Å². The zero-order valence-electron chi connectivity index (χ0n) is 6.79. The molecule has 2 nitrogen and oxygen atoms in total. The van der Waals surface area contributed by atoms with Crippen LogP contribution in [0.4, 0.5) is 0 Å². The second-order valence-corrected chi connectivity index (χ2v) is 3.65. The largest absolute Gasteiger partial charge is 0.299 e. The summed E-state index contributed by atoms with van der Waals surface area (Å²) >= 11 is 0. The van der Waals surface area contributed by atoms with Crippen LogP contribution in [-0.2, 0) is 0 Å². The second kappa shape index (κ2) is 2.83. The summed E-state index contributed by atoms with van der Waals surface area (Å²) in [7, 11) is 0. The molecule has 60 valence electrons. The molecule has 0 bridgehead atoms. The van der Waals surface area contributed by atoms with Crippen molar-refractivity contribution in [1.29, 1.82) is 5.26 Å². The van der Waals surface area contributed by atoms with Crippen molar-refractivity contribution in [2.75, 3.05) is 13.1 Å². The molecule has 0 aromatic heterocycles. The number of hydrogen-bond acceptors (Lipinski definition) is 2. The minimum Gasteiger partial charge on any atom is -0.299 e. The maximum atomic E-state index is 8.42. The topological polar surface area (TPSA) is 27.0 Å². The van der Waals surface area contributed by atoms with Gasteiger partial charge >= 0.3 is 0 Å². The second-order valence-electron chi connectivity index (χ2n) is 3.65. The molecule has 0 aromatic carbocycles. The van der Waals surface area contributed by atoms with Crippen molar-refractivity contribution in [3.05, 3.63) is 0 Å². The molecule has 1 aliphatic carbocycles. The Kier molecular flexibility index (Phi) is 1.83. The maximum absolute atomic E-state index is 8.42. The first-order chi connectivity index (χ1) is 5.42. The van der Waals surface area contributed by atoms with Crippen LogP contribution in [0.15, 0.2) is 0 Å². The van der Waals surface area contributed by atoms with Crippen LogP contribution in [-0.4, -0.2) is 24.0 Å².